The van der Waals surface area contributed by atoms with Gasteiger partial charge in [0.15, 0.2) is 9.84 Å². The van der Waals surface area contributed by atoms with Crippen molar-refractivity contribution in [3.05, 3.63) is 29.6 Å². The predicted molar refractivity (Wildman–Crippen MR) is 131 cm³/mol. The Balaban J connectivity index is 1.28. The second-order valence-electron chi connectivity index (χ2n) is 11.3. The first-order valence-electron chi connectivity index (χ1n) is 12.7. The van der Waals surface area contributed by atoms with E-state index in [1.54, 1.807) is 19.9 Å². The largest absolute Gasteiger partial charge is 0.457 e. The SMILES string of the molecule is CC(F)C(C)(C)OC(=O)CC1CCC2(CC1)CC(CCCOCc1ccc(S(C)(=O)=O)c(F)c1)C2. The average Bonchev–Trinajstić information content (AvgIpc) is 2.72. The molecule has 0 radical (unpaired) electrons. The molecule has 1 aromatic rings. The zero-order valence-electron chi connectivity index (χ0n) is 21.4. The average molecular weight is 515 g/mol. The van der Waals surface area contributed by atoms with Gasteiger partial charge in [-0.1, -0.05) is 6.07 Å². The molecular weight excluding hydrogens is 474 g/mol. The van der Waals surface area contributed by atoms with Crippen LogP contribution < -0.4 is 0 Å². The second kappa shape index (κ2) is 11.2. The molecule has 35 heavy (non-hydrogen) atoms. The molecule has 0 aliphatic heterocycles. The Kier molecular flexibility index (Phi) is 9.01. The highest BCUT2D eigenvalue weighted by atomic mass is 32.2. The summed E-state index contributed by atoms with van der Waals surface area (Å²) >= 11 is 0. The summed E-state index contributed by atoms with van der Waals surface area (Å²) in [4.78, 5) is 11.9. The number of rotatable bonds is 11. The number of sulfone groups is 1. The minimum atomic E-state index is -3.56. The number of alkyl halides is 1. The van der Waals surface area contributed by atoms with E-state index in [9.17, 15) is 22.0 Å². The molecule has 5 nitrogen and oxygen atoms in total. The van der Waals surface area contributed by atoms with Crippen LogP contribution in [0.4, 0.5) is 8.78 Å². The van der Waals surface area contributed by atoms with Gasteiger partial charge in [-0.3, -0.25) is 4.79 Å². The van der Waals surface area contributed by atoms with Crippen LogP contribution >= 0.6 is 0 Å². The monoisotopic (exact) mass is 514 g/mol. The first-order valence-corrected chi connectivity index (χ1v) is 14.6. The highest BCUT2D eigenvalue weighted by Gasteiger charge is 2.45. The van der Waals surface area contributed by atoms with Crippen molar-refractivity contribution in [1.82, 2.24) is 0 Å². The third-order valence-corrected chi connectivity index (χ3v) is 9.09. The van der Waals surface area contributed by atoms with Crippen molar-refractivity contribution in [2.45, 2.75) is 102 Å². The molecule has 1 atom stereocenters. The molecule has 0 N–H and O–H groups in total. The Morgan fingerprint density at radius 3 is 2.43 bits per heavy atom. The van der Waals surface area contributed by atoms with Crippen molar-refractivity contribution in [2.75, 3.05) is 12.9 Å². The van der Waals surface area contributed by atoms with E-state index >= 15 is 0 Å². The summed E-state index contributed by atoms with van der Waals surface area (Å²) in [6.45, 7) is 5.50. The van der Waals surface area contributed by atoms with Gasteiger partial charge >= 0.3 is 5.97 Å². The van der Waals surface area contributed by atoms with E-state index in [-0.39, 0.29) is 17.5 Å². The second-order valence-corrected chi connectivity index (χ2v) is 13.3. The van der Waals surface area contributed by atoms with Gasteiger partial charge in [-0.05, 0) is 107 Å². The molecule has 0 bridgehead atoms. The fourth-order valence-corrected chi connectivity index (χ4v) is 6.25. The molecule has 1 aromatic carbocycles. The molecule has 0 aromatic heterocycles. The summed E-state index contributed by atoms with van der Waals surface area (Å²) in [5.74, 6) is 0.0141. The summed E-state index contributed by atoms with van der Waals surface area (Å²) < 4.78 is 61.6. The van der Waals surface area contributed by atoms with Crippen molar-refractivity contribution in [1.29, 1.82) is 0 Å². The van der Waals surface area contributed by atoms with Crippen LogP contribution in [0.15, 0.2) is 23.1 Å². The van der Waals surface area contributed by atoms with Crippen LogP contribution in [0.1, 0.15) is 84.1 Å². The molecule has 198 valence electrons. The van der Waals surface area contributed by atoms with Crippen LogP contribution in [-0.2, 0) is 30.7 Å². The third-order valence-electron chi connectivity index (χ3n) is 7.96. The van der Waals surface area contributed by atoms with Crippen molar-refractivity contribution >= 4 is 15.8 Å². The topological polar surface area (TPSA) is 69.7 Å². The van der Waals surface area contributed by atoms with Gasteiger partial charge in [-0.15, -0.1) is 0 Å². The molecular formula is C27H40F2O5S. The number of ether oxygens (including phenoxy) is 2. The smallest absolute Gasteiger partial charge is 0.306 e. The highest BCUT2D eigenvalue weighted by Crippen LogP contribution is 2.57. The van der Waals surface area contributed by atoms with Crippen LogP contribution in [0, 0.1) is 23.1 Å². The minimum absolute atomic E-state index is 0.265. The van der Waals surface area contributed by atoms with Gasteiger partial charge in [0, 0.05) is 19.3 Å². The van der Waals surface area contributed by atoms with E-state index in [4.69, 9.17) is 9.47 Å². The van der Waals surface area contributed by atoms with Crippen LogP contribution in [0.2, 0.25) is 0 Å². The van der Waals surface area contributed by atoms with E-state index in [1.165, 1.54) is 31.9 Å². The number of halogens is 2. The van der Waals surface area contributed by atoms with Crippen molar-refractivity contribution in [3.8, 4) is 0 Å². The summed E-state index contributed by atoms with van der Waals surface area (Å²) in [7, 11) is -3.56. The number of hydrogen-bond donors (Lipinski definition) is 0. The van der Waals surface area contributed by atoms with Crippen LogP contribution in [0.5, 0.6) is 0 Å². The van der Waals surface area contributed by atoms with Crippen LogP contribution in [-0.4, -0.2) is 39.0 Å². The first kappa shape index (κ1) is 28.0. The number of esters is 1. The molecule has 8 heteroatoms. The maximum absolute atomic E-state index is 14.0. The van der Waals surface area contributed by atoms with Crippen LogP contribution in [0.25, 0.3) is 0 Å². The lowest BCUT2D eigenvalue weighted by Gasteiger charge is -2.52. The summed E-state index contributed by atoms with van der Waals surface area (Å²) in [6.07, 6.45) is 9.05. The van der Waals surface area contributed by atoms with E-state index in [0.717, 1.165) is 44.8 Å². The molecule has 1 unspecified atom stereocenters. The highest BCUT2D eigenvalue weighted by molar-refractivity contribution is 7.90. The van der Waals surface area contributed by atoms with E-state index in [0.29, 0.717) is 35.8 Å². The Bertz CT molecular complexity index is 973. The van der Waals surface area contributed by atoms with E-state index in [1.807, 2.05) is 0 Å². The lowest BCUT2D eigenvalue weighted by Crippen LogP contribution is -2.41. The molecule has 2 aliphatic rings. The number of carbonyl (C=O) groups is 1. The quantitative estimate of drug-likeness (QED) is 0.260. The lowest BCUT2D eigenvalue weighted by molar-refractivity contribution is -0.164. The van der Waals surface area contributed by atoms with Gasteiger partial charge in [0.2, 0.25) is 0 Å². The van der Waals surface area contributed by atoms with Crippen molar-refractivity contribution in [3.63, 3.8) is 0 Å². The fraction of sp³-hybridized carbons (Fsp3) is 0.741. The summed E-state index contributed by atoms with van der Waals surface area (Å²) in [5, 5.41) is 0. The number of hydrogen-bond acceptors (Lipinski definition) is 5. The molecule has 2 fully saturated rings. The normalized spacial score (nSPS) is 25.8. The Hall–Kier alpha value is -1.54. The summed E-state index contributed by atoms with van der Waals surface area (Å²) in [6, 6.07) is 4.11. The third kappa shape index (κ3) is 7.72. The standard InChI is InChI=1S/C27H40F2O5S/c1-19(28)26(2,3)34-25(30)15-20-9-11-27(12-10-20)16-22(17-27)6-5-13-33-18-21-7-8-24(23(29)14-21)35(4,31)32/h7-8,14,19-20,22H,5-6,9-13,15-18H2,1-4H3. The molecule has 0 heterocycles. The molecule has 1 spiro atoms. The van der Waals surface area contributed by atoms with Gasteiger partial charge in [0.05, 0.1) is 6.61 Å². The molecule has 0 amide bonds. The Morgan fingerprint density at radius 2 is 1.86 bits per heavy atom. The lowest BCUT2D eigenvalue weighted by atomic mass is 9.53. The zero-order chi connectivity index (χ0) is 25.9. The number of benzene rings is 1. The van der Waals surface area contributed by atoms with Crippen molar-refractivity contribution in [2.24, 2.45) is 17.3 Å². The zero-order valence-corrected chi connectivity index (χ0v) is 22.3. The molecule has 3 rings (SSSR count). The minimum Gasteiger partial charge on any atom is -0.457 e. The van der Waals surface area contributed by atoms with E-state index < -0.39 is 27.4 Å². The first-order chi connectivity index (χ1) is 16.3. The number of carbonyl (C=O) groups excluding carboxylic acids is 1. The van der Waals surface area contributed by atoms with Crippen molar-refractivity contribution < 1.29 is 31.5 Å². The molecule has 0 saturated heterocycles. The molecule has 2 aliphatic carbocycles. The van der Waals surface area contributed by atoms with Crippen LogP contribution in [0.3, 0.4) is 0 Å². The maximum Gasteiger partial charge on any atom is 0.306 e. The van der Waals surface area contributed by atoms with E-state index in [2.05, 4.69) is 0 Å². The molecule has 2 saturated carbocycles. The van der Waals surface area contributed by atoms with Gasteiger partial charge in [-0.2, -0.15) is 0 Å². The van der Waals surface area contributed by atoms with Gasteiger partial charge in [0.25, 0.3) is 0 Å². The summed E-state index contributed by atoms with van der Waals surface area (Å²) in [5.41, 5.74) is -0.0185. The Morgan fingerprint density at radius 1 is 1.20 bits per heavy atom. The fourth-order valence-electron chi connectivity index (χ4n) is 5.52. The van der Waals surface area contributed by atoms with Gasteiger partial charge < -0.3 is 9.47 Å². The van der Waals surface area contributed by atoms with Gasteiger partial charge in [0.1, 0.15) is 22.5 Å². The Labute approximate surface area is 208 Å². The maximum atomic E-state index is 14.0. The predicted octanol–water partition coefficient (Wildman–Crippen LogP) is 6.18. The van der Waals surface area contributed by atoms with Gasteiger partial charge in [-0.25, -0.2) is 17.2 Å².